The molecule has 126 valence electrons. The molecule has 0 bridgehead atoms. The summed E-state index contributed by atoms with van der Waals surface area (Å²) in [5.74, 6) is 0.251. The lowest BCUT2D eigenvalue weighted by Crippen LogP contribution is -2.42. The van der Waals surface area contributed by atoms with Crippen molar-refractivity contribution in [2.45, 2.75) is 18.6 Å². The maximum Gasteiger partial charge on any atom is 0.325 e. The number of ether oxygens (including phenoxy) is 1. The number of thiophene rings is 1. The second-order valence-corrected chi connectivity index (χ2v) is 6.54. The van der Waals surface area contributed by atoms with Gasteiger partial charge < -0.3 is 15.2 Å². The zero-order valence-corrected chi connectivity index (χ0v) is 14.0. The summed E-state index contributed by atoms with van der Waals surface area (Å²) in [6.07, 6.45) is -0.968. The Labute approximate surface area is 143 Å². The number of nitrogens with zero attached hydrogens (tertiary/aromatic N) is 1. The van der Waals surface area contributed by atoms with E-state index < -0.39 is 17.7 Å². The fourth-order valence-corrected chi connectivity index (χ4v) is 3.34. The minimum Gasteiger partial charge on any atom is -0.491 e. The number of aliphatic hydroxyl groups excluding tert-OH is 1. The summed E-state index contributed by atoms with van der Waals surface area (Å²) in [6, 6.07) is 10.4. The summed E-state index contributed by atoms with van der Waals surface area (Å²) in [7, 11) is 0. The molecule has 0 radical (unpaired) electrons. The van der Waals surface area contributed by atoms with Gasteiger partial charge in [0.1, 0.15) is 24.0 Å². The molecule has 2 N–H and O–H groups in total. The number of benzene rings is 1. The molecule has 2 unspecified atom stereocenters. The molecule has 3 amide bonds. The van der Waals surface area contributed by atoms with Gasteiger partial charge in [0.25, 0.3) is 5.91 Å². The first-order valence-corrected chi connectivity index (χ1v) is 8.47. The number of imide groups is 1. The fraction of sp³-hybridized carbons (Fsp3) is 0.294. The molecule has 1 aliphatic rings. The van der Waals surface area contributed by atoms with Crippen LogP contribution in [-0.2, 0) is 10.3 Å². The number of carbonyl (C=O) groups is 2. The van der Waals surface area contributed by atoms with Gasteiger partial charge in [0.15, 0.2) is 0 Å². The minimum atomic E-state index is -1.09. The second-order valence-electron chi connectivity index (χ2n) is 5.76. The molecule has 6 nitrogen and oxygen atoms in total. The third kappa shape index (κ3) is 3.13. The molecule has 1 aromatic carbocycles. The number of carbonyl (C=O) groups excluding carboxylic acids is 2. The maximum absolute atomic E-state index is 12.6. The van der Waals surface area contributed by atoms with Gasteiger partial charge in [0.2, 0.25) is 0 Å². The number of para-hydroxylation sites is 1. The van der Waals surface area contributed by atoms with E-state index in [0.29, 0.717) is 5.75 Å². The zero-order chi connectivity index (χ0) is 17.2. The highest BCUT2D eigenvalue weighted by atomic mass is 32.1. The van der Waals surface area contributed by atoms with Gasteiger partial charge in [0.05, 0.1) is 6.54 Å². The first kappa shape index (κ1) is 16.5. The number of aliphatic hydroxyl groups is 1. The summed E-state index contributed by atoms with van der Waals surface area (Å²) in [4.78, 5) is 25.8. The van der Waals surface area contributed by atoms with Crippen molar-refractivity contribution in [1.29, 1.82) is 0 Å². The standard InChI is InChI=1S/C17H18N2O4S/c1-17(12-7-8-24-11-12)15(21)19(16(22)18-17)9-13(20)10-23-14-5-3-2-4-6-14/h2-8,11,13,20H,9-10H2,1H3,(H,18,22). The van der Waals surface area contributed by atoms with Crippen LogP contribution >= 0.6 is 11.3 Å². The molecule has 7 heteroatoms. The molecule has 1 fully saturated rings. The van der Waals surface area contributed by atoms with Crippen molar-refractivity contribution < 1.29 is 19.4 Å². The molecule has 0 saturated carbocycles. The van der Waals surface area contributed by atoms with Crippen molar-refractivity contribution in [2.75, 3.05) is 13.2 Å². The monoisotopic (exact) mass is 346 g/mol. The highest BCUT2D eigenvalue weighted by Crippen LogP contribution is 2.30. The third-order valence-electron chi connectivity index (χ3n) is 3.95. The minimum absolute atomic E-state index is 0.00373. The van der Waals surface area contributed by atoms with Crippen molar-refractivity contribution in [3.63, 3.8) is 0 Å². The van der Waals surface area contributed by atoms with Gasteiger partial charge in [-0.1, -0.05) is 18.2 Å². The highest BCUT2D eigenvalue weighted by molar-refractivity contribution is 7.08. The molecular weight excluding hydrogens is 328 g/mol. The van der Waals surface area contributed by atoms with E-state index in [9.17, 15) is 14.7 Å². The summed E-state index contributed by atoms with van der Waals surface area (Å²) in [5.41, 5.74) is -0.347. The summed E-state index contributed by atoms with van der Waals surface area (Å²) >= 11 is 1.46. The molecule has 1 aliphatic heterocycles. The molecule has 3 rings (SSSR count). The molecular formula is C17H18N2O4S. The third-order valence-corrected chi connectivity index (χ3v) is 4.64. The Bertz CT molecular complexity index is 719. The zero-order valence-electron chi connectivity index (χ0n) is 13.1. The van der Waals surface area contributed by atoms with Crippen LogP contribution in [0.1, 0.15) is 12.5 Å². The van der Waals surface area contributed by atoms with Crippen LogP contribution in [0.3, 0.4) is 0 Å². The van der Waals surface area contributed by atoms with E-state index in [1.807, 2.05) is 29.0 Å². The lowest BCUT2D eigenvalue weighted by atomic mass is 9.95. The molecule has 2 atom stereocenters. The Balaban J connectivity index is 1.62. The fourth-order valence-electron chi connectivity index (χ4n) is 2.58. The van der Waals surface area contributed by atoms with E-state index in [1.54, 1.807) is 25.1 Å². The molecule has 2 heterocycles. The molecule has 2 aromatic rings. The first-order chi connectivity index (χ1) is 11.5. The molecule has 1 aromatic heterocycles. The van der Waals surface area contributed by atoms with Crippen LogP contribution in [-0.4, -0.2) is 41.2 Å². The van der Waals surface area contributed by atoms with Crippen molar-refractivity contribution in [3.8, 4) is 5.75 Å². The van der Waals surface area contributed by atoms with E-state index >= 15 is 0 Å². The summed E-state index contributed by atoms with van der Waals surface area (Å²) in [5, 5.41) is 16.5. The molecule has 24 heavy (non-hydrogen) atoms. The quantitative estimate of drug-likeness (QED) is 0.784. The molecule has 1 saturated heterocycles. The number of hydrogen-bond acceptors (Lipinski definition) is 5. The predicted octanol–water partition coefficient (Wildman–Crippen LogP) is 1.95. The van der Waals surface area contributed by atoms with E-state index in [-0.39, 0.29) is 19.1 Å². The Morgan fingerprint density at radius 1 is 1.29 bits per heavy atom. The van der Waals surface area contributed by atoms with Gasteiger partial charge in [0, 0.05) is 0 Å². The first-order valence-electron chi connectivity index (χ1n) is 7.53. The number of hydrogen-bond donors (Lipinski definition) is 2. The van der Waals surface area contributed by atoms with Crippen LogP contribution in [0.25, 0.3) is 0 Å². The Morgan fingerprint density at radius 2 is 2.04 bits per heavy atom. The average molecular weight is 346 g/mol. The van der Waals surface area contributed by atoms with Gasteiger partial charge in [-0.25, -0.2) is 4.79 Å². The van der Waals surface area contributed by atoms with E-state index in [1.165, 1.54) is 11.3 Å². The SMILES string of the molecule is CC1(c2ccsc2)NC(=O)N(CC(O)COc2ccccc2)C1=O. The Morgan fingerprint density at radius 3 is 2.71 bits per heavy atom. The van der Waals surface area contributed by atoms with Crippen LogP contribution in [0.2, 0.25) is 0 Å². The van der Waals surface area contributed by atoms with Gasteiger partial charge in [-0.15, -0.1) is 0 Å². The van der Waals surface area contributed by atoms with Gasteiger partial charge in [-0.3, -0.25) is 9.69 Å². The van der Waals surface area contributed by atoms with Crippen molar-refractivity contribution >= 4 is 23.3 Å². The van der Waals surface area contributed by atoms with Gasteiger partial charge >= 0.3 is 6.03 Å². The Kier molecular flexibility index (Phi) is 4.55. The summed E-state index contributed by atoms with van der Waals surface area (Å²) in [6.45, 7) is 1.55. The van der Waals surface area contributed by atoms with Crippen LogP contribution in [0.15, 0.2) is 47.2 Å². The number of urea groups is 1. The number of rotatable bonds is 6. The average Bonchev–Trinajstić information content (AvgIpc) is 3.19. The topological polar surface area (TPSA) is 78.9 Å². The maximum atomic E-state index is 12.6. The predicted molar refractivity (Wildman–Crippen MR) is 89.9 cm³/mol. The largest absolute Gasteiger partial charge is 0.491 e. The van der Waals surface area contributed by atoms with Crippen LogP contribution in [0.4, 0.5) is 4.79 Å². The molecule has 0 aliphatic carbocycles. The smallest absolute Gasteiger partial charge is 0.325 e. The highest BCUT2D eigenvalue weighted by Gasteiger charge is 2.49. The Hall–Kier alpha value is -2.38. The number of amides is 3. The van der Waals surface area contributed by atoms with Crippen molar-refractivity contribution in [2.24, 2.45) is 0 Å². The lowest BCUT2D eigenvalue weighted by Gasteiger charge is -2.22. The van der Waals surface area contributed by atoms with Crippen LogP contribution in [0.5, 0.6) is 5.75 Å². The normalized spacial score (nSPS) is 21.7. The molecule has 0 spiro atoms. The van der Waals surface area contributed by atoms with Gasteiger partial charge in [-0.2, -0.15) is 11.3 Å². The van der Waals surface area contributed by atoms with Crippen molar-refractivity contribution in [1.82, 2.24) is 10.2 Å². The van der Waals surface area contributed by atoms with E-state index in [2.05, 4.69) is 5.32 Å². The van der Waals surface area contributed by atoms with Crippen molar-refractivity contribution in [3.05, 3.63) is 52.7 Å². The van der Waals surface area contributed by atoms with Gasteiger partial charge in [-0.05, 0) is 41.4 Å². The number of β-amino-alcohol motifs (C(OH)–C–C–N with tert-alkyl or cyclic N) is 1. The van der Waals surface area contributed by atoms with E-state index in [4.69, 9.17) is 4.74 Å². The second kappa shape index (κ2) is 6.62. The van der Waals surface area contributed by atoms with Crippen LogP contribution in [0, 0.1) is 0 Å². The number of nitrogens with one attached hydrogen (secondary N) is 1. The lowest BCUT2D eigenvalue weighted by molar-refractivity contribution is -0.132. The van der Waals surface area contributed by atoms with E-state index in [0.717, 1.165) is 10.5 Å². The summed E-state index contributed by atoms with van der Waals surface area (Å²) < 4.78 is 5.45. The van der Waals surface area contributed by atoms with Crippen LogP contribution < -0.4 is 10.1 Å².